The van der Waals surface area contributed by atoms with Crippen molar-refractivity contribution in [3.05, 3.63) is 33.9 Å². The van der Waals surface area contributed by atoms with Crippen molar-refractivity contribution in [1.82, 2.24) is 0 Å². The van der Waals surface area contributed by atoms with Gasteiger partial charge in [-0.2, -0.15) is 0 Å². The van der Waals surface area contributed by atoms with E-state index < -0.39 is 10.8 Å². The summed E-state index contributed by atoms with van der Waals surface area (Å²) in [6.45, 7) is -0.135. The maximum Gasteiger partial charge on any atom is 0.270 e. The van der Waals surface area contributed by atoms with Crippen molar-refractivity contribution < 1.29 is 19.2 Å². The lowest BCUT2D eigenvalue weighted by Crippen LogP contribution is -2.20. The highest BCUT2D eigenvalue weighted by Crippen LogP contribution is 2.24. The monoisotopic (exact) mass is 240 g/mol. The lowest BCUT2D eigenvalue weighted by molar-refractivity contribution is -0.385. The first kappa shape index (κ1) is 12.9. The van der Waals surface area contributed by atoms with Gasteiger partial charge in [-0.1, -0.05) is 0 Å². The molecule has 2 N–H and O–H groups in total. The Hall–Kier alpha value is -2.15. The fourth-order valence-corrected chi connectivity index (χ4v) is 1.24. The number of hydrogen-bond acceptors (Lipinski definition) is 5. The highest BCUT2D eigenvalue weighted by atomic mass is 16.6. The number of methoxy groups -OCH3 is 1. The van der Waals surface area contributed by atoms with Crippen LogP contribution in [0.25, 0.3) is 0 Å². The number of ether oxygens (including phenoxy) is 2. The van der Waals surface area contributed by atoms with Crippen LogP contribution in [0, 0.1) is 10.1 Å². The van der Waals surface area contributed by atoms with Gasteiger partial charge in [-0.3, -0.25) is 14.9 Å². The molecule has 0 bridgehead atoms. The molecule has 7 heteroatoms. The number of primary amides is 1. The average Bonchev–Trinajstić information content (AvgIpc) is 2.27. The van der Waals surface area contributed by atoms with Gasteiger partial charge in [0.2, 0.25) is 0 Å². The van der Waals surface area contributed by atoms with Gasteiger partial charge in [0.25, 0.3) is 11.6 Å². The Morgan fingerprint density at radius 3 is 2.76 bits per heavy atom. The molecule has 0 aliphatic rings. The number of nitro benzene ring substituents is 1. The van der Waals surface area contributed by atoms with Gasteiger partial charge in [-0.05, 0) is 6.07 Å². The van der Waals surface area contributed by atoms with Gasteiger partial charge in [0.15, 0.2) is 6.61 Å². The highest BCUT2D eigenvalue weighted by molar-refractivity contribution is 5.75. The molecule has 0 aliphatic carbocycles. The van der Waals surface area contributed by atoms with Crippen molar-refractivity contribution in [3.8, 4) is 5.75 Å². The summed E-state index contributed by atoms with van der Waals surface area (Å²) in [7, 11) is 1.46. The minimum absolute atomic E-state index is 0.0662. The van der Waals surface area contributed by atoms with Gasteiger partial charge in [-0.15, -0.1) is 0 Å². The summed E-state index contributed by atoms with van der Waals surface area (Å²) in [5.74, 6) is -0.275. The van der Waals surface area contributed by atoms with E-state index in [2.05, 4.69) is 0 Å². The predicted molar refractivity (Wildman–Crippen MR) is 58.5 cm³/mol. The van der Waals surface area contributed by atoms with E-state index >= 15 is 0 Å². The van der Waals surface area contributed by atoms with Crippen LogP contribution in [0.5, 0.6) is 5.75 Å². The summed E-state index contributed by atoms with van der Waals surface area (Å²) in [5.41, 5.74) is 5.36. The Kier molecular flexibility index (Phi) is 4.41. The van der Waals surface area contributed by atoms with Crippen molar-refractivity contribution in [3.63, 3.8) is 0 Å². The van der Waals surface area contributed by atoms with Crippen LogP contribution in [0.3, 0.4) is 0 Å². The first-order chi connectivity index (χ1) is 8.04. The molecule has 0 radical (unpaired) electrons. The number of carbonyl (C=O) groups excluding carboxylic acids is 1. The minimum atomic E-state index is -0.619. The van der Waals surface area contributed by atoms with Crippen molar-refractivity contribution in [2.24, 2.45) is 5.73 Å². The fourth-order valence-electron chi connectivity index (χ4n) is 1.24. The first-order valence-corrected chi connectivity index (χ1v) is 4.72. The topological polar surface area (TPSA) is 105 Å². The summed E-state index contributed by atoms with van der Waals surface area (Å²) < 4.78 is 10.0. The van der Waals surface area contributed by atoms with Gasteiger partial charge < -0.3 is 15.2 Å². The maximum atomic E-state index is 10.6. The number of amides is 1. The molecule has 0 unspecified atom stereocenters. The summed E-state index contributed by atoms with van der Waals surface area (Å²) >= 11 is 0. The average molecular weight is 240 g/mol. The van der Waals surface area contributed by atoms with Crippen molar-refractivity contribution >= 4 is 11.6 Å². The molecule has 1 amide bonds. The van der Waals surface area contributed by atoms with Gasteiger partial charge in [-0.25, -0.2) is 0 Å². The van der Waals surface area contributed by atoms with Crippen LogP contribution in [0.1, 0.15) is 5.56 Å². The predicted octanol–water partition coefficient (Wildman–Crippen LogP) is 0.605. The van der Waals surface area contributed by atoms with Crippen LogP contribution >= 0.6 is 0 Å². The molecule has 0 saturated carbocycles. The number of hydrogen-bond donors (Lipinski definition) is 1. The molecule has 0 saturated heterocycles. The van der Waals surface area contributed by atoms with Crippen LogP contribution in [0.2, 0.25) is 0 Å². The number of benzene rings is 1. The normalized spacial score (nSPS) is 9.94. The number of carbonyl (C=O) groups is 1. The third-order valence-corrected chi connectivity index (χ3v) is 1.92. The fraction of sp³-hybridized carbons (Fsp3) is 0.300. The molecule has 0 aliphatic heterocycles. The van der Waals surface area contributed by atoms with E-state index in [-0.39, 0.29) is 18.9 Å². The lowest BCUT2D eigenvalue weighted by atomic mass is 10.2. The molecule has 0 fully saturated rings. The molecule has 17 heavy (non-hydrogen) atoms. The molecule has 0 spiro atoms. The van der Waals surface area contributed by atoms with Crippen LogP contribution in [0.15, 0.2) is 18.2 Å². The van der Waals surface area contributed by atoms with Crippen LogP contribution in [-0.2, 0) is 16.1 Å². The first-order valence-electron chi connectivity index (χ1n) is 4.72. The summed E-state index contributed by atoms with van der Waals surface area (Å²) in [5, 5.41) is 10.6. The molecule has 0 aromatic heterocycles. The largest absolute Gasteiger partial charge is 0.483 e. The van der Waals surface area contributed by atoms with Gasteiger partial charge in [0.05, 0.1) is 11.5 Å². The van der Waals surface area contributed by atoms with Gasteiger partial charge in [0.1, 0.15) is 5.75 Å². The summed E-state index contributed by atoms with van der Waals surface area (Å²) in [6.07, 6.45) is 0. The molecule has 1 aromatic rings. The van der Waals surface area contributed by atoms with Crippen molar-refractivity contribution in [2.45, 2.75) is 6.61 Å². The quantitative estimate of drug-likeness (QED) is 0.579. The van der Waals surface area contributed by atoms with Crippen molar-refractivity contribution in [1.29, 1.82) is 0 Å². The molecule has 7 nitrogen and oxygen atoms in total. The van der Waals surface area contributed by atoms with E-state index in [9.17, 15) is 14.9 Å². The second-order valence-corrected chi connectivity index (χ2v) is 3.24. The second-order valence-electron chi connectivity index (χ2n) is 3.24. The zero-order chi connectivity index (χ0) is 12.8. The van der Waals surface area contributed by atoms with E-state index in [1.807, 2.05) is 0 Å². The number of rotatable bonds is 6. The molecule has 0 heterocycles. The van der Waals surface area contributed by atoms with Crippen LogP contribution in [0.4, 0.5) is 5.69 Å². The lowest BCUT2D eigenvalue weighted by Gasteiger charge is -2.09. The Morgan fingerprint density at radius 1 is 1.53 bits per heavy atom. The molecule has 92 valence electrons. The Balaban J connectivity index is 2.95. The third kappa shape index (κ3) is 3.72. The summed E-state index contributed by atoms with van der Waals surface area (Å²) in [6, 6.07) is 4.03. The van der Waals surface area contributed by atoms with E-state index in [4.69, 9.17) is 15.2 Å². The molecule has 1 aromatic carbocycles. The smallest absolute Gasteiger partial charge is 0.270 e. The van der Waals surface area contributed by atoms with E-state index in [0.717, 1.165) is 0 Å². The van der Waals surface area contributed by atoms with E-state index in [0.29, 0.717) is 11.3 Å². The zero-order valence-corrected chi connectivity index (χ0v) is 9.21. The highest BCUT2D eigenvalue weighted by Gasteiger charge is 2.12. The van der Waals surface area contributed by atoms with Crippen LogP contribution < -0.4 is 10.5 Å². The second kappa shape index (κ2) is 5.80. The van der Waals surface area contributed by atoms with E-state index in [1.165, 1.54) is 25.3 Å². The minimum Gasteiger partial charge on any atom is -0.483 e. The molecular formula is C10H12N2O5. The third-order valence-electron chi connectivity index (χ3n) is 1.92. The standard InChI is InChI=1S/C10H12N2O5/c1-16-5-7-4-8(12(14)15)2-3-9(7)17-6-10(11)13/h2-4H,5-6H2,1H3,(H2,11,13). The SMILES string of the molecule is COCc1cc([N+](=O)[O-])ccc1OCC(N)=O. The van der Waals surface area contributed by atoms with Crippen molar-refractivity contribution in [2.75, 3.05) is 13.7 Å². The number of non-ortho nitro benzene ring substituents is 1. The molecular weight excluding hydrogens is 228 g/mol. The van der Waals surface area contributed by atoms with Gasteiger partial charge >= 0.3 is 0 Å². The number of nitrogens with two attached hydrogens (primary N) is 1. The Labute approximate surface area is 97.3 Å². The number of nitrogens with zero attached hydrogens (tertiary/aromatic N) is 1. The zero-order valence-electron chi connectivity index (χ0n) is 9.21. The van der Waals surface area contributed by atoms with Crippen LogP contribution in [-0.4, -0.2) is 24.5 Å². The molecule has 0 atom stereocenters. The maximum absolute atomic E-state index is 10.6. The Morgan fingerprint density at radius 2 is 2.24 bits per heavy atom. The summed E-state index contributed by atoms with van der Waals surface area (Å²) in [4.78, 5) is 20.6. The van der Waals surface area contributed by atoms with E-state index in [1.54, 1.807) is 0 Å². The number of nitro groups is 1. The Bertz CT molecular complexity index is 433. The van der Waals surface area contributed by atoms with Gasteiger partial charge in [0, 0.05) is 24.8 Å². The molecule has 1 rings (SSSR count).